The van der Waals surface area contributed by atoms with Crippen molar-refractivity contribution in [2.24, 2.45) is 0 Å². The van der Waals surface area contributed by atoms with Crippen LogP contribution in [0.15, 0.2) is 41.1 Å². The second-order valence-electron chi connectivity index (χ2n) is 4.54. The molecule has 0 aliphatic rings. The van der Waals surface area contributed by atoms with Gasteiger partial charge in [-0.05, 0) is 48.4 Å². The first-order valence-electron chi connectivity index (χ1n) is 6.18. The molecule has 1 atom stereocenters. The molecule has 0 fully saturated rings. The summed E-state index contributed by atoms with van der Waals surface area (Å²) in [5.74, 6) is 0.935. The average molecular weight is 261 g/mol. The van der Waals surface area contributed by atoms with Crippen molar-refractivity contribution >= 4 is 11.3 Å². The Labute approximate surface area is 113 Å². The predicted octanol–water partition coefficient (Wildman–Crippen LogP) is 3.61. The molecule has 18 heavy (non-hydrogen) atoms. The van der Waals surface area contributed by atoms with Crippen molar-refractivity contribution in [3.8, 4) is 5.75 Å². The van der Waals surface area contributed by atoms with E-state index in [1.165, 1.54) is 11.1 Å². The van der Waals surface area contributed by atoms with E-state index in [2.05, 4.69) is 48.1 Å². The second kappa shape index (κ2) is 6.57. The lowest BCUT2D eigenvalue weighted by atomic mass is 10.2. The number of thiophene rings is 1. The molecule has 96 valence electrons. The Morgan fingerprint density at radius 3 is 2.67 bits per heavy atom. The first kappa shape index (κ1) is 13.1. The van der Waals surface area contributed by atoms with Gasteiger partial charge in [-0.15, -0.1) is 0 Å². The Hall–Kier alpha value is -1.32. The molecule has 2 rings (SSSR count). The Kier molecular flexibility index (Phi) is 4.79. The van der Waals surface area contributed by atoms with E-state index < -0.39 is 0 Å². The van der Waals surface area contributed by atoms with Gasteiger partial charge in [0.05, 0.1) is 0 Å². The van der Waals surface area contributed by atoms with Crippen molar-refractivity contribution in [1.29, 1.82) is 0 Å². The highest BCUT2D eigenvalue weighted by atomic mass is 32.1. The van der Waals surface area contributed by atoms with Crippen LogP contribution in [0.4, 0.5) is 0 Å². The van der Waals surface area contributed by atoms with Crippen LogP contribution in [0.5, 0.6) is 5.75 Å². The average Bonchev–Trinajstić information content (AvgIpc) is 2.89. The third-order valence-electron chi connectivity index (χ3n) is 2.76. The Morgan fingerprint density at radius 1 is 1.22 bits per heavy atom. The molecule has 0 radical (unpaired) electrons. The number of hydrogen-bond donors (Lipinski definition) is 1. The van der Waals surface area contributed by atoms with Gasteiger partial charge >= 0.3 is 0 Å². The van der Waals surface area contributed by atoms with Gasteiger partial charge in [0.25, 0.3) is 0 Å². The van der Waals surface area contributed by atoms with Gasteiger partial charge in [0, 0.05) is 12.6 Å². The zero-order valence-corrected chi connectivity index (χ0v) is 11.7. The minimum atomic E-state index is 0.339. The van der Waals surface area contributed by atoms with Gasteiger partial charge in [-0.2, -0.15) is 11.3 Å². The Bertz CT molecular complexity index is 450. The van der Waals surface area contributed by atoms with Crippen LogP contribution in [0.3, 0.4) is 0 Å². The maximum absolute atomic E-state index is 5.73. The summed E-state index contributed by atoms with van der Waals surface area (Å²) in [5.41, 5.74) is 2.59. The fourth-order valence-electron chi connectivity index (χ4n) is 1.60. The summed E-state index contributed by atoms with van der Waals surface area (Å²) in [6.07, 6.45) is 0. The highest BCUT2D eigenvalue weighted by Gasteiger charge is 2.03. The fraction of sp³-hybridized carbons (Fsp3) is 0.333. The largest absolute Gasteiger partial charge is 0.492 e. The van der Waals surface area contributed by atoms with Crippen molar-refractivity contribution in [2.45, 2.75) is 26.4 Å². The van der Waals surface area contributed by atoms with E-state index in [0.717, 1.165) is 12.3 Å². The minimum Gasteiger partial charge on any atom is -0.492 e. The van der Waals surface area contributed by atoms with Gasteiger partial charge < -0.3 is 10.1 Å². The third kappa shape index (κ3) is 4.17. The molecule has 0 spiro atoms. The molecule has 0 amide bonds. The van der Waals surface area contributed by atoms with E-state index in [1.54, 1.807) is 11.3 Å². The van der Waals surface area contributed by atoms with Crippen LogP contribution in [-0.4, -0.2) is 12.6 Å². The van der Waals surface area contributed by atoms with Gasteiger partial charge in [0.15, 0.2) is 0 Å². The summed E-state index contributed by atoms with van der Waals surface area (Å²) < 4.78 is 5.73. The van der Waals surface area contributed by atoms with Gasteiger partial charge in [-0.25, -0.2) is 0 Å². The van der Waals surface area contributed by atoms with Crippen LogP contribution in [0.25, 0.3) is 0 Å². The molecule has 0 aliphatic carbocycles. The van der Waals surface area contributed by atoms with Crippen LogP contribution in [-0.2, 0) is 6.54 Å². The first-order chi connectivity index (χ1) is 8.74. The van der Waals surface area contributed by atoms with Crippen LogP contribution in [0.2, 0.25) is 0 Å². The summed E-state index contributed by atoms with van der Waals surface area (Å²) in [6.45, 7) is 5.81. The van der Waals surface area contributed by atoms with E-state index in [9.17, 15) is 0 Å². The highest BCUT2D eigenvalue weighted by molar-refractivity contribution is 7.07. The van der Waals surface area contributed by atoms with Crippen LogP contribution in [0, 0.1) is 6.92 Å². The molecule has 0 aliphatic heterocycles. The maximum atomic E-state index is 5.73. The van der Waals surface area contributed by atoms with Crippen molar-refractivity contribution in [1.82, 2.24) is 5.32 Å². The molecule has 1 aromatic heterocycles. The molecule has 0 saturated carbocycles. The van der Waals surface area contributed by atoms with Crippen LogP contribution in [0.1, 0.15) is 18.1 Å². The molecule has 3 heteroatoms. The zero-order chi connectivity index (χ0) is 12.8. The van der Waals surface area contributed by atoms with E-state index in [1.807, 2.05) is 12.1 Å². The van der Waals surface area contributed by atoms with Crippen molar-refractivity contribution in [2.75, 3.05) is 6.61 Å². The lowest BCUT2D eigenvalue weighted by molar-refractivity contribution is 0.272. The maximum Gasteiger partial charge on any atom is 0.119 e. The highest BCUT2D eigenvalue weighted by Crippen LogP contribution is 2.11. The fourth-order valence-corrected chi connectivity index (χ4v) is 2.27. The molecule has 1 aromatic carbocycles. The van der Waals surface area contributed by atoms with Gasteiger partial charge in [-0.3, -0.25) is 0 Å². The summed E-state index contributed by atoms with van der Waals surface area (Å²) in [4.78, 5) is 0. The minimum absolute atomic E-state index is 0.339. The molecule has 0 saturated heterocycles. The smallest absolute Gasteiger partial charge is 0.119 e. The number of hydrogen-bond acceptors (Lipinski definition) is 3. The second-order valence-corrected chi connectivity index (χ2v) is 5.32. The Morgan fingerprint density at radius 2 is 2.00 bits per heavy atom. The van der Waals surface area contributed by atoms with E-state index in [-0.39, 0.29) is 0 Å². The van der Waals surface area contributed by atoms with Crippen molar-refractivity contribution < 1.29 is 4.74 Å². The quantitative estimate of drug-likeness (QED) is 0.857. The number of aryl methyl sites for hydroxylation is 1. The monoisotopic (exact) mass is 261 g/mol. The van der Waals surface area contributed by atoms with Crippen molar-refractivity contribution in [3.63, 3.8) is 0 Å². The molecule has 1 unspecified atom stereocenters. The predicted molar refractivity (Wildman–Crippen MR) is 77.3 cm³/mol. The molecule has 2 nitrogen and oxygen atoms in total. The van der Waals surface area contributed by atoms with E-state index in [0.29, 0.717) is 12.6 Å². The SMILES string of the molecule is Cc1ccc(OCC(C)NCc2ccsc2)cc1. The number of rotatable bonds is 6. The lowest BCUT2D eigenvalue weighted by Gasteiger charge is -2.14. The summed E-state index contributed by atoms with van der Waals surface area (Å²) in [7, 11) is 0. The molecule has 0 bridgehead atoms. The van der Waals surface area contributed by atoms with Crippen molar-refractivity contribution in [3.05, 3.63) is 52.2 Å². The summed E-state index contributed by atoms with van der Waals surface area (Å²) in [5, 5.41) is 7.72. The zero-order valence-electron chi connectivity index (χ0n) is 10.8. The molecule has 2 aromatic rings. The van der Waals surface area contributed by atoms with Gasteiger partial charge in [0.1, 0.15) is 12.4 Å². The van der Waals surface area contributed by atoms with Gasteiger partial charge in [-0.1, -0.05) is 17.7 Å². The number of ether oxygens (including phenoxy) is 1. The normalized spacial score (nSPS) is 12.3. The molecule has 1 N–H and O–H groups in total. The van der Waals surface area contributed by atoms with E-state index >= 15 is 0 Å². The topological polar surface area (TPSA) is 21.3 Å². The van der Waals surface area contributed by atoms with Crippen LogP contribution < -0.4 is 10.1 Å². The summed E-state index contributed by atoms with van der Waals surface area (Å²) >= 11 is 1.73. The number of nitrogens with one attached hydrogen (secondary N) is 1. The summed E-state index contributed by atoms with van der Waals surface area (Å²) in [6, 6.07) is 10.6. The Balaban J connectivity index is 1.71. The lowest BCUT2D eigenvalue weighted by Crippen LogP contribution is -2.31. The molecular weight excluding hydrogens is 242 g/mol. The molecular formula is C15H19NOS. The third-order valence-corrected chi connectivity index (χ3v) is 3.49. The standard InChI is InChI=1S/C15H19NOS/c1-12-3-5-15(6-4-12)17-10-13(2)16-9-14-7-8-18-11-14/h3-8,11,13,16H,9-10H2,1-2H3. The van der Waals surface area contributed by atoms with E-state index in [4.69, 9.17) is 4.74 Å². The number of benzene rings is 1. The van der Waals surface area contributed by atoms with Gasteiger partial charge in [0.2, 0.25) is 0 Å². The van der Waals surface area contributed by atoms with Crippen LogP contribution >= 0.6 is 11.3 Å². The molecule has 1 heterocycles. The first-order valence-corrected chi connectivity index (χ1v) is 7.12.